The quantitative estimate of drug-likeness (QED) is 0.476. The summed E-state index contributed by atoms with van der Waals surface area (Å²) in [6.45, 7) is 3.02. The van der Waals surface area contributed by atoms with Crippen molar-refractivity contribution in [2.24, 2.45) is 5.92 Å². The van der Waals surface area contributed by atoms with Crippen LogP contribution in [0.15, 0.2) is 91.0 Å². The third kappa shape index (κ3) is 2.99. The fourth-order valence-electron chi connectivity index (χ4n) is 4.00. The Morgan fingerprint density at radius 2 is 0.846 bits per heavy atom. The number of benzene rings is 3. The minimum atomic E-state index is -0.860. The van der Waals surface area contributed by atoms with E-state index < -0.39 is 11.3 Å². The van der Waals surface area contributed by atoms with Crippen LogP contribution < -0.4 is 0 Å². The van der Waals surface area contributed by atoms with Crippen LogP contribution in [-0.2, 0) is 15.0 Å². The average Bonchev–Trinajstić information content (AvgIpc) is 2.67. The Bertz CT molecular complexity index is 773. The second kappa shape index (κ2) is 7.49. The fourth-order valence-corrected chi connectivity index (χ4v) is 4.00. The van der Waals surface area contributed by atoms with Crippen molar-refractivity contribution >= 4 is 11.6 Å². The van der Waals surface area contributed by atoms with Crippen LogP contribution in [-0.4, -0.2) is 11.6 Å². The molecular weight excluding hydrogens is 320 g/mol. The Morgan fingerprint density at radius 3 is 1.08 bits per heavy atom. The maximum atomic E-state index is 12.7. The molecule has 3 rings (SSSR count). The zero-order valence-electron chi connectivity index (χ0n) is 15.1. The van der Waals surface area contributed by atoms with E-state index in [2.05, 4.69) is 0 Å². The molecule has 0 unspecified atom stereocenters. The van der Waals surface area contributed by atoms with Crippen molar-refractivity contribution in [2.75, 3.05) is 0 Å². The zero-order valence-corrected chi connectivity index (χ0v) is 15.1. The highest BCUT2D eigenvalue weighted by Gasteiger charge is 2.48. The molecule has 0 bridgehead atoms. The zero-order chi connectivity index (χ0) is 18.6. The molecule has 0 aliphatic rings. The first kappa shape index (κ1) is 17.8. The Labute approximate surface area is 154 Å². The van der Waals surface area contributed by atoms with Gasteiger partial charge in [-0.25, -0.2) is 0 Å². The first-order valence-electron chi connectivity index (χ1n) is 8.76. The molecule has 0 radical (unpaired) electrons. The van der Waals surface area contributed by atoms with Gasteiger partial charge in [0.15, 0.2) is 0 Å². The molecule has 0 aliphatic carbocycles. The van der Waals surface area contributed by atoms with Crippen LogP contribution in [0.5, 0.6) is 0 Å². The largest absolute Gasteiger partial charge is 0.299 e. The van der Waals surface area contributed by atoms with Crippen molar-refractivity contribution in [3.05, 3.63) is 108 Å². The molecule has 0 spiro atoms. The number of carbonyl (C=O) groups is 2. The topological polar surface area (TPSA) is 34.1 Å². The highest BCUT2D eigenvalue weighted by atomic mass is 16.1. The van der Waals surface area contributed by atoms with Crippen LogP contribution >= 0.6 is 0 Å². The lowest BCUT2D eigenvalue weighted by atomic mass is 9.59. The van der Waals surface area contributed by atoms with Gasteiger partial charge >= 0.3 is 0 Å². The van der Waals surface area contributed by atoms with E-state index in [0.717, 1.165) is 16.7 Å². The number of carbonyl (C=O) groups excluding carboxylic acids is 2. The fraction of sp³-hybridized carbons (Fsp3) is 0.167. The average molecular weight is 342 g/mol. The van der Waals surface area contributed by atoms with E-state index in [-0.39, 0.29) is 11.6 Å². The molecule has 0 saturated heterocycles. The van der Waals surface area contributed by atoms with E-state index in [4.69, 9.17) is 0 Å². The number of hydrogen-bond donors (Lipinski definition) is 0. The van der Waals surface area contributed by atoms with Crippen LogP contribution in [0.3, 0.4) is 0 Å². The molecule has 26 heavy (non-hydrogen) atoms. The molecule has 0 heterocycles. The maximum absolute atomic E-state index is 12.7. The van der Waals surface area contributed by atoms with Gasteiger partial charge in [0, 0.05) is 0 Å². The molecule has 130 valence electrons. The first-order chi connectivity index (χ1) is 12.6. The van der Waals surface area contributed by atoms with Gasteiger partial charge in [-0.15, -0.1) is 0 Å². The third-order valence-corrected chi connectivity index (χ3v) is 4.93. The van der Waals surface area contributed by atoms with Gasteiger partial charge in [-0.05, 0) is 30.5 Å². The van der Waals surface area contributed by atoms with E-state index in [9.17, 15) is 9.59 Å². The van der Waals surface area contributed by atoms with E-state index >= 15 is 0 Å². The van der Waals surface area contributed by atoms with Crippen molar-refractivity contribution in [1.82, 2.24) is 0 Å². The summed E-state index contributed by atoms with van der Waals surface area (Å²) in [7, 11) is 0. The van der Waals surface area contributed by atoms with Gasteiger partial charge in [0.1, 0.15) is 11.6 Å². The summed E-state index contributed by atoms with van der Waals surface area (Å²) in [5.41, 5.74) is 1.95. The van der Waals surface area contributed by atoms with Crippen molar-refractivity contribution in [1.29, 1.82) is 0 Å². The van der Waals surface area contributed by atoms with Crippen LogP contribution in [0, 0.1) is 5.92 Å². The lowest BCUT2D eigenvalue weighted by molar-refractivity contribution is -0.132. The summed E-state index contributed by atoms with van der Waals surface area (Å²) in [6, 6.07) is 29.5. The van der Waals surface area contributed by atoms with E-state index in [1.54, 1.807) is 0 Å². The van der Waals surface area contributed by atoms with E-state index in [1.165, 1.54) is 13.8 Å². The van der Waals surface area contributed by atoms with Crippen molar-refractivity contribution in [3.8, 4) is 0 Å². The number of ketones is 2. The second-order valence-electron chi connectivity index (χ2n) is 6.56. The summed E-state index contributed by atoms with van der Waals surface area (Å²) in [6.07, 6.45) is 0. The molecule has 3 aromatic rings. The molecule has 0 atom stereocenters. The summed E-state index contributed by atoms with van der Waals surface area (Å²) in [5, 5.41) is 0. The predicted molar refractivity (Wildman–Crippen MR) is 104 cm³/mol. The van der Waals surface area contributed by atoms with Gasteiger partial charge in [0.2, 0.25) is 0 Å². The SMILES string of the molecule is CC(=O)C(C(C)=O)C(c1ccccc1)(c1ccccc1)c1ccccc1. The summed E-state index contributed by atoms with van der Waals surface area (Å²) in [5.74, 6) is -1.06. The lowest BCUT2D eigenvalue weighted by Gasteiger charge is -2.40. The molecular formula is C24H22O2. The van der Waals surface area contributed by atoms with Crippen molar-refractivity contribution in [2.45, 2.75) is 19.3 Å². The highest BCUT2D eigenvalue weighted by Crippen LogP contribution is 2.46. The lowest BCUT2D eigenvalue weighted by Crippen LogP contribution is -2.45. The molecule has 0 amide bonds. The number of rotatable bonds is 6. The Balaban J connectivity index is 2.47. The Morgan fingerprint density at radius 1 is 0.577 bits per heavy atom. The summed E-state index contributed by atoms with van der Waals surface area (Å²) < 4.78 is 0. The van der Waals surface area contributed by atoms with Crippen LogP contribution in [0.1, 0.15) is 30.5 Å². The summed E-state index contributed by atoms with van der Waals surface area (Å²) in [4.78, 5) is 25.5. The third-order valence-electron chi connectivity index (χ3n) is 4.93. The Kier molecular flexibility index (Phi) is 5.13. The minimum absolute atomic E-state index is 0.131. The summed E-state index contributed by atoms with van der Waals surface area (Å²) >= 11 is 0. The normalized spacial score (nSPS) is 11.3. The smallest absolute Gasteiger partial charge is 0.141 e. The minimum Gasteiger partial charge on any atom is -0.299 e. The van der Waals surface area contributed by atoms with Crippen LogP contribution in [0.25, 0.3) is 0 Å². The maximum Gasteiger partial charge on any atom is 0.141 e. The van der Waals surface area contributed by atoms with Gasteiger partial charge in [0.25, 0.3) is 0 Å². The standard InChI is InChI=1S/C24H22O2/c1-18(25)23(19(2)26)24(20-12-6-3-7-13-20,21-14-8-4-9-15-21)22-16-10-5-11-17-22/h3-17,23H,1-2H3. The highest BCUT2D eigenvalue weighted by molar-refractivity contribution is 6.03. The molecule has 0 aromatic heterocycles. The van der Waals surface area contributed by atoms with Crippen molar-refractivity contribution in [3.63, 3.8) is 0 Å². The van der Waals surface area contributed by atoms with Gasteiger partial charge < -0.3 is 0 Å². The monoisotopic (exact) mass is 342 g/mol. The molecule has 0 saturated carbocycles. The predicted octanol–water partition coefficient (Wildman–Crippen LogP) is 4.82. The molecule has 3 aromatic carbocycles. The molecule has 0 fully saturated rings. The van der Waals surface area contributed by atoms with Crippen LogP contribution in [0.4, 0.5) is 0 Å². The van der Waals surface area contributed by atoms with Crippen LogP contribution in [0.2, 0.25) is 0 Å². The van der Waals surface area contributed by atoms with E-state index in [0.29, 0.717) is 0 Å². The first-order valence-corrected chi connectivity index (χ1v) is 8.76. The Hall–Kier alpha value is -3.00. The molecule has 0 aliphatic heterocycles. The number of hydrogen-bond acceptors (Lipinski definition) is 2. The molecule has 2 heteroatoms. The van der Waals surface area contributed by atoms with Gasteiger partial charge in [-0.1, -0.05) is 91.0 Å². The van der Waals surface area contributed by atoms with Gasteiger partial charge in [-0.3, -0.25) is 9.59 Å². The number of Topliss-reactive ketones (excluding diaryl/α,β-unsaturated/α-hetero) is 2. The van der Waals surface area contributed by atoms with Crippen molar-refractivity contribution < 1.29 is 9.59 Å². The second-order valence-corrected chi connectivity index (χ2v) is 6.56. The molecule has 0 N–H and O–H groups in total. The molecule has 2 nitrogen and oxygen atoms in total. The van der Waals surface area contributed by atoms with E-state index in [1.807, 2.05) is 91.0 Å². The van der Waals surface area contributed by atoms with Gasteiger partial charge in [-0.2, -0.15) is 0 Å². The van der Waals surface area contributed by atoms with Gasteiger partial charge in [0.05, 0.1) is 11.3 Å².